The molecule has 0 amide bonds. The van der Waals surface area contributed by atoms with Crippen LogP contribution in [0, 0.1) is 5.41 Å². The quantitative estimate of drug-likeness (QED) is 0.879. The average molecular weight is 272 g/mol. The van der Waals surface area contributed by atoms with Gasteiger partial charge in [0.15, 0.2) is 5.82 Å². The zero-order valence-electron chi connectivity index (χ0n) is 12.6. The summed E-state index contributed by atoms with van der Waals surface area (Å²) in [6.45, 7) is 5.25. The van der Waals surface area contributed by atoms with Crippen molar-refractivity contribution >= 4 is 0 Å². The van der Waals surface area contributed by atoms with E-state index in [1.807, 2.05) is 42.1 Å². The predicted molar refractivity (Wildman–Crippen MR) is 82.2 cm³/mol. The van der Waals surface area contributed by atoms with Crippen LogP contribution in [0.5, 0.6) is 0 Å². The third-order valence-corrected chi connectivity index (χ3v) is 3.73. The van der Waals surface area contributed by atoms with Crippen molar-refractivity contribution in [3.63, 3.8) is 0 Å². The van der Waals surface area contributed by atoms with Crippen LogP contribution in [0.4, 0.5) is 0 Å². The van der Waals surface area contributed by atoms with Gasteiger partial charge in [-0.1, -0.05) is 44.2 Å². The summed E-state index contributed by atoms with van der Waals surface area (Å²) < 4.78 is 1.89. The Morgan fingerprint density at radius 1 is 1.15 bits per heavy atom. The third-order valence-electron chi connectivity index (χ3n) is 3.73. The molecule has 0 radical (unpaired) electrons. The van der Waals surface area contributed by atoms with Crippen LogP contribution in [0.1, 0.15) is 32.5 Å². The van der Waals surface area contributed by atoms with Crippen LogP contribution in [0.2, 0.25) is 0 Å². The molecule has 0 aliphatic heterocycles. The normalized spacial score (nSPS) is 11.8. The Morgan fingerprint density at radius 3 is 2.50 bits per heavy atom. The van der Waals surface area contributed by atoms with Crippen LogP contribution in [0.3, 0.4) is 0 Å². The zero-order chi connectivity index (χ0) is 14.6. The van der Waals surface area contributed by atoms with Gasteiger partial charge in [-0.3, -0.25) is 4.68 Å². The zero-order valence-corrected chi connectivity index (χ0v) is 12.6. The summed E-state index contributed by atoms with van der Waals surface area (Å²) in [7, 11) is 1.96. The summed E-state index contributed by atoms with van der Waals surface area (Å²) in [6, 6.07) is 10.1. The van der Waals surface area contributed by atoms with Crippen LogP contribution in [-0.4, -0.2) is 21.3 Å². The fraction of sp³-hybridized carbons (Fsp3) is 0.500. The molecule has 0 saturated heterocycles. The van der Waals surface area contributed by atoms with Gasteiger partial charge in [0.25, 0.3) is 0 Å². The van der Waals surface area contributed by atoms with Crippen molar-refractivity contribution in [1.29, 1.82) is 0 Å². The van der Waals surface area contributed by atoms with Gasteiger partial charge in [-0.05, 0) is 24.8 Å². The van der Waals surface area contributed by atoms with Crippen LogP contribution in [0.25, 0.3) is 11.4 Å². The van der Waals surface area contributed by atoms with Gasteiger partial charge in [0, 0.05) is 19.0 Å². The highest BCUT2D eigenvalue weighted by atomic mass is 15.3. The van der Waals surface area contributed by atoms with Gasteiger partial charge >= 0.3 is 0 Å². The van der Waals surface area contributed by atoms with Crippen molar-refractivity contribution in [3.8, 4) is 11.4 Å². The SMILES string of the molecule is Cn1nc(-c2ccccc2)nc1CCC(C)(C)CCN. The molecule has 0 atom stereocenters. The maximum absolute atomic E-state index is 5.66. The topological polar surface area (TPSA) is 56.7 Å². The van der Waals surface area contributed by atoms with Gasteiger partial charge in [0.05, 0.1) is 0 Å². The van der Waals surface area contributed by atoms with Gasteiger partial charge in [0.1, 0.15) is 5.82 Å². The molecule has 4 heteroatoms. The Morgan fingerprint density at radius 2 is 1.85 bits per heavy atom. The first-order valence-corrected chi connectivity index (χ1v) is 7.17. The molecule has 0 saturated carbocycles. The Bertz CT molecular complexity index is 543. The van der Waals surface area contributed by atoms with Gasteiger partial charge in [0.2, 0.25) is 0 Å². The van der Waals surface area contributed by atoms with Gasteiger partial charge in [-0.15, -0.1) is 0 Å². The monoisotopic (exact) mass is 272 g/mol. The molecule has 0 spiro atoms. The van der Waals surface area contributed by atoms with Gasteiger partial charge in [-0.25, -0.2) is 4.98 Å². The largest absolute Gasteiger partial charge is 0.330 e. The van der Waals surface area contributed by atoms with E-state index in [1.54, 1.807) is 0 Å². The van der Waals surface area contributed by atoms with Crippen LogP contribution in [0.15, 0.2) is 30.3 Å². The molecule has 0 aliphatic carbocycles. The Hall–Kier alpha value is -1.68. The average Bonchev–Trinajstić information content (AvgIpc) is 2.79. The van der Waals surface area contributed by atoms with Crippen molar-refractivity contribution < 1.29 is 0 Å². The molecule has 20 heavy (non-hydrogen) atoms. The molecule has 0 aliphatic rings. The number of hydrogen-bond acceptors (Lipinski definition) is 3. The number of nitrogens with zero attached hydrogens (tertiary/aromatic N) is 3. The summed E-state index contributed by atoms with van der Waals surface area (Å²) in [5, 5.41) is 4.51. The van der Waals surface area contributed by atoms with Crippen molar-refractivity contribution in [1.82, 2.24) is 14.8 Å². The molecule has 4 nitrogen and oxygen atoms in total. The second kappa shape index (κ2) is 6.18. The molecule has 0 unspecified atom stereocenters. The first-order valence-electron chi connectivity index (χ1n) is 7.17. The van der Waals surface area contributed by atoms with Crippen LogP contribution < -0.4 is 5.73 Å². The third kappa shape index (κ3) is 3.67. The lowest BCUT2D eigenvalue weighted by molar-refractivity contribution is 0.309. The van der Waals surface area contributed by atoms with E-state index in [2.05, 4.69) is 23.9 Å². The van der Waals surface area contributed by atoms with Crippen molar-refractivity contribution in [3.05, 3.63) is 36.2 Å². The molecule has 0 fully saturated rings. The Kier molecular flexibility index (Phi) is 4.55. The lowest BCUT2D eigenvalue weighted by Gasteiger charge is -2.23. The van der Waals surface area contributed by atoms with E-state index in [-0.39, 0.29) is 5.41 Å². The van der Waals surface area contributed by atoms with E-state index >= 15 is 0 Å². The molecule has 108 valence electrons. The van der Waals surface area contributed by atoms with E-state index in [0.717, 1.165) is 43.0 Å². The number of rotatable bonds is 6. The fourth-order valence-electron chi connectivity index (χ4n) is 2.31. The van der Waals surface area contributed by atoms with Crippen LogP contribution >= 0.6 is 0 Å². The minimum atomic E-state index is 0.258. The first kappa shape index (κ1) is 14.7. The molecule has 1 aromatic carbocycles. The van der Waals surface area contributed by atoms with Crippen molar-refractivity contribution in [2.24, 2.45) is 18.2 Å². The highest BCUT2D eigenvalue weighted by molar-refractivity contribution is 5.53. The molecule has 2 N–H and O–H groups in total. The minimum Gasteiger partial charge on any atom is -0.330 e. The second-order valence-electron chi connectivity index (χ2n) is 6.04. The van der Waals surface area contributed by atoms with E-state index in [1.165, 1.54) is 0 Å². The molecule has 2 aromatic rings. The minimum absolute atomic E-state index is 0.258. The standard InChI is InChI=1S/C16H24N4/c1-16(2,11-12-17)10-9-14-18-15(19-20(14)3)13-7-5-4-6-8-13/h4-8H,9-12,17H2,1-3H3. The van der Waals surface area contributed by atoms with Gasteiger partial charge < -0.3 is 5.73 Å². The predicted octanol–water partition coefficient (Wildman–Crippen LogP) is 2.79. The second-order valence-corrected chi connectivity index (χ2v) is 6.04. The highest BCUT2D eigenvalue weighted by Gasteiger charge is 2.18. The number of aryl methyl sites for hydroxylation is 2. The van der Waals surface area contributed by atoms with Crippen LogP contribution in [-0.2, 0) is 13.5 Å². The molecule has 1 heterocycles. The van der Waals surface area contributed by atoms with E-state index in [4.69, 9.17) is 5.73 Å². The molecule has 1 aromatic heterocycles. The summed E-state index contributed by atoms with van der Waals surface area (Å²) in [5.74, 6) is 1.84. The Balaban J connectivity index is 2.09. The number of hydrogen-bond donors (Lipinski definition) is 1. The Labute approximate surface area is 121 Å². The summed E-state index contributed by atoms with van der Waals surface area (Å²) >= 11 is 0. The lowest BCUT2D eigenvalue weighted by atomic mass is 9.84. The maximum atomic E-state index is 5.66. The highest BCUT2D eigenvalue weighted by Crippen LogP contribution is 2.26. The first-order chi connectivity index (χ1) is 9.52. The smallest absolute Gasteiger partial charge is 0.181 e. The van der Waals surface area contributed by atoms with Gasteiger partial charge in [-0.2, -0.15) is 5.10 Å². The van der Waals surface area contributed by atoms with E-state index < -0.39 is 0 Å². The molecular weight excluding hydrogens is 248 g/mol. The number of aromatic nitrogens is 3. The van der Waals surface area contributed by atoms with Crippen molar-refractivity contribution in [2.45, 2.75) is 33.1 Å². The number of nitrogens with two attached hydrogens (primary N) is 1. The lowest BCUT2D eigenvalue weighted by Crippen LogP contribution is -2.18. The summed E-state index contributed by atoms with van der Waals surface area (Å²) in [5.41, 5.74) is 6.98. The summed E-state index contributed by atoms with van der Waals surface area (Å²) in [6.07, 6.45) is 3.05. The fourth-order valence-corrected chi connectivity index (χ4v) is 2.31. The van der Waals surface area contributed by atoms with E-state index in [9.17, 15) is 0 Å². The van der Waals surface area contributed by atoms with Crippen molar-refractivity contribution in [2.75, 3.05) is 6.54 Å². The molecular formula is C16H24N4. The number of benzene rings is 1. The maximum Gasteiger partial charge on any atom is 0.181 e. The molecule has 0 bridgehead atoms. The molecule has 2 rings (SSSR count). The summed E-state index contributed by atoms with van der Waals surface area (Å²) in [4.78, 5) is 4.66. The van der Waals surface area contributed by atoms with E-state index in [0.29, 0.717) is 0 Å².